The Labute approximate surface area is 113 Å². The predicted octanol–water partition coefficient (Wildman–Crippen LogP) is 1.44. The first kappa shape index (κ1) is 12.5. The van der Waals surface area contributed by atoms with Gasteiger partial charge in [-0.25, -0.2) is 4.79 Å². The molecule has 1 spiro atoms. The third-order valence-electron chi connectivity index (χ3n) is 4.43. The van der Waals surface area contributed by atoms with E-state index in [0.29, 0.717) is 13.1 Å². The number of likely N-dealkylation sites (tertiary alicyclic amines) is 1. The highest BCUT2D eigenvalue weighted by Gasteiger charge is 2.42. The molecule has 3 aliphatic rings. The van der Waals surface area contributed by atoms with Crippen LogP contribution in [0.4, 0.5) is 4.79 Å². The van der Waals surface area contributed by atoms with Crippen molar-refractivity contribution in [3.63, 3.8) is 0 Å². The number of nitrogens with one attached hydrogen (secondary N) is 1. The SMILES string of the molecule is O=C1NCC2(CCCN(C(=O)C3CC=CC3)CC2)O1. The van der Waals surface area contributed by atoms with Crippen LogP contribution in [0.3, 0.4) is 0 Å². The van der Waals surface area contributed by atoms with E-state index in [0.717, 1.165) is 38.6 Å². The van der Waals surface area contributed by atoms with Gasteiger partial charge in [0.25, 0.3) is 0 Å². The van der Waals surface area contributed by atoms with E-state index in [1.807, 2.05) is 4.90 Å². The fourth-order valence-corrected chi connectivity index (χ4v) is 3.25. The van der Waals surface area contributed by atoms with E-state index in [9.17, 15) is 9.59 Å². The number of ether oxygens (including phenoxy) is 1. The van der Waals surface area contributed by atoms with Crippen LogP contribution in [0.15, 0.2) is 12.2 Å². The fraction of sp³-hybridized carbons (Fsp3) is 0.714. The van der Waals surface area contributed by atoms with Gasteiger partial charge in [0.15, 0.2) is 0 Å². The maximum absolute atomic E-state index is 12.4. The van der Waals surface area contributed by atoms with Crippen LogP contribution >= 0.6 is 0 Å². The Bertz CT molecular complexity index is 413. The molecule has 2 amide bonds. The molecule has 0 saturated carbocycles. The Hall–Kier alpha value is -1.52. The topological polar surface area (TPSA) is 58.6 Å². The standard InChI is InChI=1S/C14H20N2O3/c17-12(11-4-1-2-5-11)16-8-3-6-14(7-9-16)10-15-13(18)19-14/h1-2,11H,3-10H2,(H,15,18). The van der Waals surface area contributed by atoms with Crippen LogP contribution in [-0.4, -0.2) is 42.1 Å². The molecule has 1 unspecified atom stereocenters. The Morgan fingerprint density at radius 1 is 1.32 bits per heavy atom. The molecule has 19 heavy (non-hydrogen) atoms. The molecule has 5 nitrogen and oxygen atoms in total. The molecular weight excluding hydrogens is 244 g/mol. The van der Waals surface area contributed by atoms with E-state index in [2.05, 4.69) is 17.5 Å². The average Bonchev–Trinajstić information content (AvgIpc) is 2.98. The molecule has 0 aromatic carbocycles. The van der Waals surface area contributed by atoms with Gasteiger partial charge in [-0.15, -0.1) is 0 Å². The lowest BCUT2D eigenvalue weighted by Crippen LogP contribution is -2.38. The number of carbonyl (C=O) groups excluding carboxylic acids is 2. The van der Waals surface area contributed by atoms with Crippen LogP contribution in [0, 0.1) is 5.92 Å². The second kappa shape index (κ2) is 4.87. The molecule has 0 radical (unpaired) electrons. The van der Waals surface area contributed by atoms with Gasteiger partial charge in [0, 0.05) is 25.4 Å². The molecular formula is C14H20N2O3. The molecule has 0 aromatic rings. The molecule has 2 heterocycles. The quantitative estimate of drug-likeness (QED) is 0.729. The van der Waals surface area contributed by atoms with Crippen LogP contribution in [0.2, 0.25) is 0 Å². The third kappa shape index (κ3) is 2.46. The van der Waals surface area contributed by atoms with Crippen LogP contribution in [0.5, 0.6) is 0 Å². The van der Waals surface area contributed by atoms with E-state index >= 15 is 0 Å². The van der Waals surface area contributed by atoms with Crippen molar-refractivity contribution in [2.75, 3.05) is 19.6 Å². The molecule has 3 rings (SSSR count). The maximum Gasteiger partial charge on any atom is 0.407 e. The van der Waals surface area contributed by atoms with Gasteiger partial charge in [-0.3, -0.25) is 4.79 Å². The van der Waals surface area contributed by atoms with Crippen molar-refractivity contribution in [3.05, 3.63) is 12.2 Å². The monoisotopic (exact) mass is 264 g/mol. The summed E-state index contributed by atoms with van der Waals surface area (Å²) in [6.07, 6.45) is 8.10. The molecule has 0 aromatic heterocycles. The molecule has 2 fully saturated rings. The van der Waals surface area contributed by atoms with Gasteiger partial charge >= 0.3 is 6.09 Å². The predicted molar refractivity (Wildman–Crippen MR) is 69.5 cm³/mol. The first-order valence-electron chi connectivity index (χ1n) is 7.09. The summed E-state index contributed by atoms with van der Waals surface area (Å²) in [7, 11) is 0. The molecule has 104 valence electrons. The number of nitrogens with zero attached hydrogens (tertiary/aromatic N) is 1. The maximum atomic E-state index is 12.4. The summed E-state index contributed by atoms with van der Waals surface area (Å²) >= 11 is 0. The minimum atomic E-state index is -0.375. The van der Waals surface area contributed by atoms with Gasteiger partial charge in [-0.05, 0) is 25.7 Å². The van der Waals surface area contributed by atoms with Gasteiger partial charge in [0.1, 0.15) is 5.60 Å². The largest absolute Gasteiger partial charge is 0.441 e. The lowest BCUT2D eigenvalue weighted by molar-refractivity contribution is -0.135. The van der Waals surface area contributed by atoms with E-state index in [1.54, 1.807) is 0 Å². The van der Waals surface area contributed by atoms with Crippen molar-refractivity contribution in [2.45, 2.75) is 37.7 Å². The van der Waals surface area contributed by atoms with E-state index < -0.39 is 0 Å². The van der Waals surface area contributed by atoms with Crippen molar-refractivity contribution in [2.24, 2.45) is 5.92 Å². The summed E-state index contributed by atoms with van der Waals surface area (Å²) in [4.78, 5) is 25.6. The van der Waals surface area contributed by atoms with Crippen LogP contribution < -0.4 is 5.32 Å². The first-order valence-corrected chi connectivity index (χ1v) is 7.09. The lowest BCUT2D eigenvalue weighted by atomic mass is 9.95. The molecule has 1 aliphatic carbocycles. The van der Waals surface area contributed by atoms with Crippen molar-refractivity contribution in [1.29, 1.82) is 0 Å². The summed E-state index contributed by atoms with van der Waals surface area (Å²) in [6, 6.07) is 0. The van der Waals surface area contributed by atoms with Gasteiger partial charge in [0.05, 0.1) is 6.54 Å². The molecule has 0 bridgehead atoms. The Morgan fingerprint density at radius 3 is 2.79 bits per heavy atom. The first-order chi connectivity index (χ1) is 9.19. The fourth-order valence-electron chi connectivity index (χ4n) is 3.25. The number of hydrogen-bond acceptors (Lipinski definition) is 3. The van der Waals surface area contributed by atoms with Gasteiger partial charge < -0.3 is 15.0 Å². The summed E-state index contributed by atoms with van der Waals surface area (Å²) in [5, 5.41) is 2.73. The Morgan fingerprint density at radius 2 is 2.11 bits per heavy atom. The van der Waals surface area contributed by atoms with Crippen molar-refractivity contribution in [3.8, 4) is 0 Å². The summed E-state index contributed by atoms with van der Waals surface area (Å²) in [5.74, 6) is 0.401. The van der Waals surface area contributed by atoms with Gasteiger partial charge in [-0.1, -0.05) is 12.2 Å². The highest BCUT2D eigenvalue weighted by Crippen LogP contribution is 2.30. The Kier molecular flexibility index (Phi) is 3.21. The number of carbonyl (C=O) groups is 2. The van der Waals surface area contributed by atoms with Crippen molar-refractivity contribution >= 4 is 12.0 Å². The molecule has 1 atom stereocenters. The zero-order valence-electron chi connectivity index (χ0n) is 11.1. The van der Waals surface area contributed by atoms with Crippen molar-refractivity contribution in [1.82, 2.24) is 10.2 Å². The lowest BCUT2D eigenvalue weighted by Gasteiger charge is -2.26. The number of rotatable bonds is 1. The van der Waals surface area contributed by atoms with E-state index in [1.165, 1.54) is 0 Å². The second-order valence-electron chi connectivity index (χ2n) is 5.74. The number of alkyl carbamates (subject to hydrolysis) is 1. The third-order valence-corrected chi connectivity index (χ3v) is 4.43. The van der Waals surface area contributed by atoms with Gasteiger partial charge in [0.2, 0.25) is 5.91 Å². The van der Waals surface area contributed by atoms with Crippen LogP contribution in [0.1, 0.15) is 32.1 Å². The minimum Gasteiger partial charge on any atom is -0.441 e. The molecule has 1 N–H and O–H groups in total. The van der Waals surface area contributed by atoms with Crippen LogP contribution in [0.25, 0.3) is 0 Å². The summed E-state index contributed by atoms with van der Waals surface area (Å²) < 4.78 is 5.42. The molecule has 2 aliphatic heterocycles. The average molecular weight is 264 g/mol. The highest BCUT2D eigenvalue weighted by atomic mass is 16.6. The number of allylic oxidation sites excluding steroid dienone is 2. The molecule has 5 heteroatoms. The van der Waals surface area contributed by atoms with Crippen molar-refractivity contribution < 1.29 is 14.3 Å². The van der Waals surface area contributed by atoms with Crippen LogP contribution in [-0.2, 0) is 9.53 Å². The number of amides is 2. The zero-order chi connectivity index (χ0) is 13.3. The zero-order valence-corrected chi connectivity index (χ0v) is 11.1. The highest BCUT2D eigenvalue weighted by molar-refractivity contribution is 5.79. The Balaban J connectivity index is 1.61. The summed E-state index contributed by atoms with van der Waals surface area (Å²) in [5.41, 5.74) is -0.375. The van der Waals surface area contributed by atoms with E-state index in [4.69, 9.17) is 4.74 Å². The summed E-state index contributed by atoms with van der Waals surface area (Å²) in [6.45, 7) is 2.07. The van der Waals surface area contributed by atoms with E-state index in [-0.39, 0.29) is 23.5 Å². The smallest absolute Gasteiger partial charge is 0.407 e. The molecule has 2 saturated heterocycles. The number of hydrogen-bond donors (Lipinski definition) is 1. The second-order valence-corrected chi connectivity index (χ2v) is 5.74. The van der Waals surface area contributed by atoms with Gasteiger partial charge in [-0.2, -0.15) is 0 Å². The normalized spacial score (nSPS) is 31.4. The minimum absolute atomic E-state index is 0.137.